The molecular weight excluding hydrogens is 929 g/mol. The van der Waals surface area contributed by atoms with Gasteiger partial charge in [-0.15, -0.1) is 0 Å². The molecule has 396 valence electrons. The number of aryl methyl sites for hydroxylation is 1. The summed E-state index contributed by atoms with van der Waals surface area (Å²) in [5.41, 5.74) is 2.68. The van der Waals surface area contributed by atoms with Crippen LogP contribution in [0.5, 0.6) is 0 Å². The van der Waals surface area contributed by atoms with Gasteiger partial charge in [0.1, 0.15) is 24.2 Å². The van der Waals surface area contributed by atoms with Crippen molar-refractivity contribution in [1.82, 2.24) is 52.3 Å². The van der Waals surface area contributed by atoms with Crippen LogP contribution in [0.2, 0.25) is 0 Å². The van der Waals surface area contributed by atoms with E-state index in [2.05, 4.69) is 42.5 Å². The summed E-state index contributed by atoms with van der Waals surface area (Å²) in [6.07, 6.45) is 1.31. The van der Waals surface area contributed by atoms with Crippen molar-refractivity contribution < 1.29 is 38.4 Å². The number of likely N-dealkylation sites (tertiary alicyclic amines) is 2. The Morgan fingerprint density at radius 3 is 1.22 bits per heavy atom. The van der Waals surface area contributed by atoms with Gasteiger partial charge in [-0.25, -0.2) is 0 Å². The Hall–Kier alpha value is -6.66. The topological polar surface area (TPSA) is 239 Å². The van der Waals surface area contributed by atoms with Crippen molar-refractivity contribution in [2.75, 3.05) is 27.2 Å². The van der Waals surface area contributed by atoms with Crippen molar-refractivity contribution in [3.63, 3.8) is 0 Å². The first kappa shape index (κ1) is 57.2. The molecule has 0 saturated carbocycles. The number of rotatable bonds is 22. The van der Waals surface area contributed by atoms with Crippen LogP contribution in [-0.4, -0.2) is 133 Å². The number of carbonyl (C=O) groups excluding carboxylic acids is 8. The SMILES string of the molecule is CC[C@H](C)[C@H](NC(=O)[C@H](C)NC)C(=O)N1C[C@@H](NC(=O)c2cc(C)cc(C(=O)N[C@H]3C[C@@H](C(=O)N[C@H](C)c4ccccc4)N(C(=O)[C@@H](NC(=O)[C@H](C)NC)[C@@H](C)CC)C3)c2)C[C@H]1C(=O)N[C@H](C)c1ccccc1. The Labute approximate surface area is 430 Å². The molecule has 5 rings (SSSR count). The van der Waals surface area contributed by atoms with Crippen LogP contribution in [0.25, 0.3) is 0 Å². The zero-order valence-corrected chi connectivity index (χ0v) is 44.3. The number of nitrogens with zero attached hydrogens (tertiary/aromatic N) is 2. The molecule has 18 nitrogen and oxygen atoms in total. The Morgan fingerprint density at radius 1 is 0.534 bits per heavy atom. The number of hydrogen-bond donors (Lipinski definition) is 8. The predicted octanol–water partition coefficient (Wildman–Crippen LogP) is 3.43. The first-order valence-corrected chi connectivity index (χ1v) is 25.7. The third-order valence-corrected chi connectivity index (χ3v) is 14.6. The van der Waals surface area contributed by atoms with Crippen LogP contribution >= 0.6 is 0 Å². The molecule has 0 radical (unpaired) electrons. The average Bonchev–Trinajstić information content (AvgIpc) is 4.03. The van der Waals surface area contributed by atoms with E-state index in [0.29, 0.717) is 18.4 Å². The largest absolute Gasteiger partial charge is 0.348 e. The molecule has 3 aromatic rings. The van der Waals surface area contributed by atoms with Crippen LogP contribution < -0.4 is 42.5 Å². The van der Waals surface area contributed by atoms with E-state index in [1.54, 1.807) is 47.0 Å². The van der Waals surface area contributed by atoms with E-state index in [1.165, 1.54) is 15.9 Å². The summed E-state index contributed by atoms with van der Waals surface area (Å²) in [6, 6.07) is 16.4. The zero-order chi connectivity index (χ0) is 53.7. The first-order valence-electron chi connectivity index (χ1n) is 25.7. The van der Waals surface area contributed by atoms with E-state index in [1.807, 2.05) is 102 Å². The smallest absolute Gasteiger partial charge is 0.251 e. The van der Waals surface area contributed by atoms with Gasteiger partial charge in [-0.2, -0.15) is 0 Å². The van der Waals surface area contributed by atoms with E-state index < -0.39 is 95.9 Å². The minimum absolute atomic E-state index is 0.0161. The zero-order valence-electron chi connectivity index (χ0n) is 44.3. The summed E-state index contributed by atoms with van der Waals surface area (Å²) in [5, 5.41) is 23.7. The molecule has 8 amide bonds. The molecule has 3 aromatic carbocycles. The summed E-state index contributed by atoms with van der Waals surface area (Å²) < 4.78 is 0. The van der Waals surface area contributed by atoms with Crippen LogP contribution in [0.3, 0.4) is 0 Å². The molecule has 2 saturated heterocycles. The van der Waals surface area contributed by atoms with E-state index in [9.17, 15) is 38.4 Å². The molecule has 2 aliphatic heterocycles. The van der Waals surface area contributed by atoms with E-state index in [0.717, 1.165) is 11.1 Å². The highest BCUT2D eigenvalue weighted by molar-refractivity contribution is 6.01. The van der Waals surface area contributed by atoms with Crippen LogP contribution in [0.15, 0.2) is 78.9 Å². The number of benzene rings is 3. The lowest BCUT2D eigenvalue weighted by molar-refractivity contribution is -0.143. The quantitative estimate of drug-likeness (QED) is 0.0730. The third kappa shape index (κ3) is 14.7. The van der Waals surface area contributed by atoms with Crippen LogP contribution in [-0.2, 0) is 28.8 Å². The minimum atomic E-state index is -0.980. The van der Waals surface area contributed by atoms with Crippen molar-refractivity contribution in [1.29, 1.82) is 0 Å². The van der Waals surface area contributed by atoms with Gasteiger partial charge in [-0.1, -0.05) is 101 Å². The van der Waals surface area contributed by atoms with Gasteiger partial charge < -0.3 is 52.3 Å². The molecule has 0 aliphatic carbocycles. The molecule has 18 heteroatoms. The number of amides is 8. The fourth-order valence-corrected chi connectivity index (χ4v) is 9.26. The fourth-order valence-electron chi connectivity index (χ4n) is 9.26. The maximum atomic E-state index is 14.5. The standard InChI is InChI=1S/C55H78N10O8/c1-12-32(4)46(62-48(66)36(8)56-10)54(72)64-29-42(27-44(64)52(70)58-34(6)38-20-16-14-17-21-38)60-50(68)40-24-31(3)25-41(26-40)51(69)61-43-28-45(53(71)59-35(7)39-22-18-15-19-23-39)65(30-43)55(73)47(33(5)13-2)63-49(67)37(9)57-11/h14-26,32-37,42-47,56-57H,12-13,27-30H2,1-11H3,(H,58,70)(H,59,71)(H,60,68)(H,61,69)(H,62,66)(H,63,67)/t32-,33-,34+,35+,36-,37-,42-,43-,44-,45-,46-,47-/m0/s1. The van der Waals surface area contributed by atoms with Gasteiger partial charge in [0.25, 0.3) is 11.8 Å². The second-order valence-corrected chi connectivity index (χ2v) is 20.0. The summed E-state index contributed by atoms with van der Waals surface area (Å²) in [4.78, 5) is 115. The number of hydrogen-bond acceptors (Lipinski definition) is 10. The van der Waals surface area contributed by atoms with Gasteiger partial charge >= 0.3 is 0 Å². The van der Waals surface area contributed by atoms with Gasteiger partial charge in [0.2, 0.25) is 35.4 Å². The second-order valence-electron chi connectivity index (χ2n) is 20.0. The Balaban J connectivity index is 1.37. The van der Waals surface area contributed by atoms with Crippen molar-refractivity contribution >= 4 is 47.3 Å². The molecule has 2 aliphatic rings. The van der Waals surface area contributed by atoms with Crippen molar-refractivity contribution in [2.24, 2.45) is 11.8 Å². The second kappa shape index (κ2) is 26.3. The molecule has 12 atom stereocenters. The molecule has 0 bridgehead atoms. The highest BCUT2D eigenvalue weighted by Gasteiger charge is 2.46. The monoisotopic (exact) mass is 1010 g/mol. The van der Waals surface area contributed by atoms with Crippen molar-refractivity contribution in [3.8, 4) is 0 Å². The van der Waals surface area contributed by atoms with Gasteiger partial charge in [-0.05, 0) is 108 Å². The Morgan fingerprint density at radius 2 is 0.890 bits per heavy atom. The van der Waals surface area contributed by atoms with Gasteiger partial charge in [0.15, 0.2) is 0 Å². The van der Waals surface area contributed by atoms with Crippen LogP contribution in [0.4, 0.5) is 0 Å². The first-order chi connectivity index (χ1) is 34.7. The Kier molecular flexibility index (Phi) is 20.7. The van der Waals surface area contributed by atoms with Gasteiger partial charge in [0, 0.05) is 36.3 Å². The van der Waals surface area contributed by atoms with E-state index >= 15 is 0 Å². The highest BCUT2D eigenvalue weighted by atomic mass is 16.2. The molecule has 0 unspecified atom stereocenters. The maximum Gasteiger partial charge on any atom is 0.251 e. The summed E-state index contributed by atoms with van der Waals surface area (Å²) >= 11 is 0. The third-order valence-electron chi connectivity index (χ3n) is 14.6. The fraction of sp³-hybridized carbons (Fsp3) is 0.527. The lowest BCUT2D eigenvalue weighted by Crippen LogP contribution is -2.57. The molecule has 2 fully saturated rings. The van der Waals surface area contributed by atoms with Gasteiger partial charge in [0.05, 0.1) is 24.2 Å². The lowest BCUT2D eigenvalue weighted by Gasteiger charge is -2.32. The minimum Gasteiger partial charge on any atom is -0.348 e. The molecule has 0 aromatic heterocycles. The summed E-state index contributed by atoms with van der Waals surface area (Å²) in [7, 11) is 3.30. The van der Waals surface area contributed by atoms with E-state index in [-0.39, 0.29) is 60.7 Å². The Bertz CT molecular complexity index is 2260. The molecule has 2 heterocycles. The van der Waals surface area contributed by atoms with Crippen molar-refractivity contribution in [3.05, 3.63) is 107 Å². The molecule has 8 N–H and O–H groups in total. The molecular formula is C55H78N10O8. The van der Waals surface area contributed by atoms with E-state index in [4.69, 9.17) is 0 Å². The van der Waals surface area contributed by atoms with Crippen molar-refractivity contribution in [2.45, 2.75) is 148 Å². The normalized spacial score (nSPS) is 20.8. The predicted molar refractivity (Wildman–Crippen MR) is 280 cm³/mol. The summed E-state index contributed by atoms with van der Waals surface area (Å²) in [5.74, 6) is -4.04. The summed E-state index contributed by atoms with van der Waals surface area (Å²) in [6.45, 7) is 16.4. The lowest BCUT2D eigenvalue weighted by atomic mass is 9.97. The van der Waals surface area contributed by atoms with Crippen LogP contribution in [0.1, 0.15) is 131 Å². The number of carbonyl (C=O) groups is 8. The average molecular weight is 1010 g/mol. The van der Waals surface area contributed by atoms with Crippen LogP contribution in [0, 0.1) is 18.8 Å². The number of likely N-dealkylation sites (N-methyl/N-ethyl adjacent to an activating group) is 2. The van der Waals surface area contributed by atoms with Gasteiger partial charge in [-0.3, -0.25) is 38.4 Å². The number of nitrogens with one attached hydrogen (secondary N) is 8. The molecule has 73 heavy (non-hydrogen) atoms. The maximum absolute atomic E-state index is 14.5. The highest BCUT2D eigenvalue weighted by Crippen LogP contribution is 2.27. The molecule has 0 spiro atoms.